The molecule has 0 radical (unpaired) electrons. The lowest BCUT2D eigenvalue weighted by Crippen LogP contribution is -2.40. The first-order chi connectivity index (χ1) is 9.45. The zero-order valence-electron chi connectivity index (χ0n) is 12.2. The number of hydrogen-bond donors (Lipinski definition) is 2. The Bertz CT molecular complexity index is 504. The third-order valence-electron chi connectivity index (χ3n) is 3.89. The van der Waals surface area contributed by atoms with Gasteiger partial charge in [0.05, 0.1) is 24.5 Å². The van der Waals surface area contributed by atoms with E-state index in [1.165, 1.54) is 6.20 Å². The van der Waals surface area contributed by atoms with E-state index in [9.17, 15) is 9.90 Å². The van der Waals surface area contributed by atoms with Crippen LogP contribution in [0.25, 0.3) is 0 Å². The molecule has 3 N–H and O–H groups in total. The highest BCUT2D eigenvalue weighted by Crippen LogP contribution is 2.26. The summed E-state index contributed by atoms with van der Waals surface area (Å²) in [6.45, 7) is 6.57. The van der Waals surface area contributed by atoms with Crippen LogP contribution in [0, 0.1) is 5.92 Å². The van der Waals surface area contributed by atoms with Crippen LogP contribution in [0.4, 0.5) is 5.69 Å². The average Bonchev–Trinajstić information content (AvgIpc) is 2.79. The number of carbonyl (C=O) groups excluding carboxylic acids is 1. The van der Waals surface area contributed by atoms with Gasteiger partial charge in [-0.1, -0.05) is 20.8 Å². The molecule has 1 aliphatic heterocycles. The Balaban J connectivity index is 2.31. The van der Waals surface area contributed by atoms with Gasteiger partial charge in [-0.05, 0) is 12.3 Å². The van der Waals surface area contributed by atoms with Gasteiger partial charge in [-0.3, -0.25) is 4.79 Å². The van der Waals surface area contributed by atoms with Gasteiger partial charge in [-0.15, -0.1) is 0 Å². The number of likely N-dealkylation sites (tertiary alicyclic amines) is 1. The molecule has 6 heteroatoms. The first-order valence-electron chi connectivity index (χ1n) is 7.00. The number of amides is 1. The summed E-state index contributed by atoms with van der Waals surface area (Å²) >= 11 is 0. The van der Waals surface area contributed by atoms with Crippen molar-refractivity contribution in [2.45, 2.75) is 39.2 Å². The van der Waals surface area contributed by atoms with Gasteiger partial charge in [0.1, 0.15) is 5.82 Å². The number of carbonyl (C=O) groups is 1. The highest BCUT2D eigenvalue weighted by Gasteiger charge is 2.35. The predicted molar refractivity (Wildman–Crippen MR) is 76.2 cm³/mol. The van der Waals surface area contributed by atoms with Gasteiger partial charge in [0, 0.05) is 12.5 Å². The van der Waals surface area contributed by atoms with E-state index in [2.05, 4.69) is 9.97 Å². The molecule has 1 aromatic heterocycles. The molecular formula is C14H22N4O2. The molecule has 0 aromatic carbocycles. The summed E-state index contributed by atoms with van der Waals surface area (Å²) < 4.78 is 0. The number of aromatic nitrogens is 2. The molecule has 2 heterocycles. The van der Waals surface area contributed by atoms with Crippen molar-refractivity contribution in [3.63, 3.8) is 0 Å². The normalized spacial score (nSPS) is 22.6. The Morgan fingerprint density at radius 1 is 1.60 bits per heavy atom. The smallest absolute Gasteiger partial charge is 0.275 e. The Morgan fingerprint density at radius 3 is 2.90 bits per heavy atom. The van der Waals surface area contributed by atoms with E-state index in [1.54, 1.807) is 4.90 Å². The first-order valence-corrected chi connectivity index (χ1v) is 7.00. The standard InChI is InChI=1S/C14H22N4O2/c1-8(2)13-16-6-10(15)12(17-13)14(20)18-5-4-9(3)11(18)7-19/h6,8-9,11,19H,4-5,7,15H2,1-3H3. The van der Waals surface area contributed by atoms with E-state index < -0.39 is 0 Å². The molecule has 2 atom stereocenters. The number of nitrogen functional groups attached to an aromatic ring is 1. The SMILES string of the molecule is CC(C)c1ncc(N)c(C(=O)N2CCC(C)C2CO)n1. The summed E-state index contributed by atoms with van der Waals surface area (Å²) in [7, 11) is 0. The lowest BCUT2D eigenvalue weighted by molar-refractivity contribution is 0.0643. The van der Waals surface area contributed by atoms with E-state index in [1.807, 2.05) is 20.8 Å². The zero-order valence-corrected chi connectivity index (χ0v) is 12.2. The predicted octanol–water partition coefficient (Wildman–Crippen LogP) is 1.03. The number of anilines is 1. The van der Waals surface area contributed by atoms with Gasteiger partial charge in [-0.25, -0.2) is 9.97 Å². The molecule has 2 unspecified atom stereocenters. The van der Waals surface area contributed by atoms with Crippen LogP contribution in [0.2, 0.25) is 0 Å². The highest BCUT2D eigenvalue weighted by atomic mass is 16.3. The van der Waals surface area contributed by atoms with E-state index in [-0.39, 0.29) is 41.8 Å². The lowest BCUT2D eigenvalue weighted by Gasteiger charge is -2.25. The second kappa shape index (κ2) is 5.75. The molecule has 1 aliphatic rings. The number of rotatable bonds is 3. The van der Waals surface area contributed by atoms with Gasteiger partial charge in [0.2, 0.25) is 0 Å². The molecule has 1 fully saturated rings. The van der Waals surface area contributed by atoms with Crippen LogP contribution in [-0.2, 0) is 0 Å². The molecule has 6 nitrogen and oxygen atoms in total. The average molecular weight is 278 g/mol. The number of nitrogens with zero attached hydrogens (tertiary/aromatic N) is 3. The third-order valence-corrected chi connectivity index (χ3v) is 3.89. The van der Waals surface area contributed by atoms with Crippen molar-refractivity contribution in [3.8, 4) is 0 Å². The topological polar surface area (TPSA) is 92.3 Å². The molecular weight excluding hydrogens is 256 g/mol. The highest BCUT2D eigenvalue weighted by molar-refractivity contribution is 5.97. The Hall–Kier alpha value is -1.69. The maximum Gasteiger partial charge on any atom is 0.275 e. The molecule has 0 aliphatic carbocycles. The van der Waals surface area contributed by atoms with E-state index in [0.29, 0.717) is 12.4 Å². The second-order valence-electron chi connectivity index (χ2n) is 5.70. The first kappa shape index (κ1) is 14.7. The largest absolute Gasteiger partial charge is 0.396 e. The molecule has 1 saturated heterocycles. The van der Waals surface area contributed by atoms with Crippen LogP contribution < -0.4 is 5.73 Å². The van der Waals surface area contributed by atoms with Crippen molar-refractivity contribution in [1.29, 1.82) is 0 Å². The lowest BCUT2D eigenvalue weighted by atomic mass is 10.0. The second-order valence-corrected chi connectivity index (χ2v) is 5.70. The molecule has 1 aromatic rings. The number of hydrogen-bond acceptors (Lipinski definition) is 5. The summed E-state index contributed by atoms with van der Waals surface area (Å²) in [5.74, 6) is 0.815. The van der Waals surface area contributed by atoms with Crippen molar-refractivity contribution >= 4 is 11.6 Å². The Kier molecular flexibility index (Phi) is 4.23. The van der Waals surface area contributed by atoms with Crippen molar-refractivity contribution in [2.24, 2.45) is 5.92 Å². The summed E-state index contributed by atoms with van der Waals surface area (Å²) in [5, 5.41) is 9.46. The van der Waals surface area contributed by atoms with Gasteiger partial charge in [-0.2, -0.15) is 0 Å². The number of aliphatic hydroxyl groups excluding tert-OH is 1. The van der Waals surface area contributed by atoms with Gasteiger partial charge in [0.15, 0.2) is 5.69 Å². The Labute approximate surface area is 119 Å². The quantitative estimate of drug-likeness (QED) is 0.861. The fraction of sp³-hybridized carbons (Fsp3) is 0.643. The van der Waals surface area contributed by atoms with Gasteiger partial charge in [0.25, 0.3) is 5.91 Å². The maximum absolute atomic E-state index is 12.6. The van der Waals surface area contributed by atoms with Crippen LogP contribution in [0.1, 0.15) is 49.4 Å². The van der Waals surface area contributed by atoms with Crippen molar-refractivity contribution < 1.29 is 9.90 Å². The van der Waals surface area contributed by atoms with Crippen molar-refractivity contribution in [1.82, 2.24) is 14.9 Å². The minimum atomic E-state index is -0.213. The van der Waals surface area contributed by atoms with Crippen LogP contribution in [0.5, 0.6) is 0 Å². The van der Waals surface area contributed by atoms with Crippen LogP contribution in [0.3, 0.4) is 0 Å². The minimum Gasteiger partial charge on any atom is -0.396 e. The molecule has 0 bridgehead atoms. The van der Waals surface area contributed by atoms with Crippen LogP contribution in [0.15, 0.2) is 6.20 Å². The van der Waals surface area contributed by atoms with E-state index >= 15 is 0 Å². The molecule has 0 spiro atoms. The van der Waals surface area contributed by atoms with Crippen LogP contribution in [-0.4, -0.2) is 45.1 Å². The van der Waals surface area contributed by atoms with Crippen molar-refractivity contribution in [3.05, 3.63) is 17.7 Å². The number of nitrogens with two attached hydrogens (primary N) is 1. The minimum absolute atomic E-state index is 0.0328. The third kappa shape index (κ3) is 2.60. The fourth-order valence-electron chi connectivity index (χ4n) is 2.53. The fourth-order valence-corrected chi connectivity index (χ4v) is 2.53. The summed E-state index contributed by atoms with van der Waals surface area (Å²) in [6, 6.07) is -0.153. The van der Waals surface area contributed by atoms with Crippen LogP contribution >= 0.6 is 0 Å². The monoisotopic (exact) mass is 278 g/mol. The van der Waals surface area contributed by atoms with Gasteiger partial charge < -0.3 is 15.7 Å². The maximum atomic E-state index is 12.6. The molecule has 0 saturated carbocycles. The molecule has 20 heavy (non-hydrogen) atoms. The molecule has 2 rings (SSSR count). The summed E-state index contributed by atoms with van der Waals surface area (Å²) in [5.41, 5.74) is 6.38. The molecule has 1 amide bonds. The zero-order chi connectivity index (χ0) is 14.9. The summed E-state index contributed by atoms with van der Waals surface area (Å²) in [4.78, 5) is 22.7. The van der Waals surface area contributed by atoms with E-state index in [0.717, 1.165) is 6.42 Å². The molecule has 110 valence electrons. The number of aliphatic hydroxyl groups is 1. The Morgan fingerprint density at radius 2 is 2.30 bits per heavy atom. The van der Waals surface area contributed by atoms with Gasteiger partial charge >= 0.3 is 0 Å². The summed E-state index contributed by atoms with van der Waals surface area (Å²) in [6.07, 6.45) is 2.38. The van der Waals surface area contributed by atoms with E-state index in [4.69, 9.17) is 5.73 Å². The van der Waals surface area contributed by atoms with Crippen molar-refractivity contribution in [2.75, 3.05) is 18.9 Å².